The maximum Gasteiger partial charge on any atom is 0.319 e. The van der Waals surface area contributed by atoms with E-state index in [1.165, 1.54) is 4.31 Å². The van der Waals surface area contributed by atoms with Gasteiger partial charge in [-0.15, -0.1) is 0 Å². The van der Waals surface area contributed by atoms with Gasteiger partial charge in [0.25, 0.3) is 10.0 Å². The molecule has 0 spiro atoms. The molecule has 1 aliphatic rings. The third kappa shape index (κ3) is 4.55. The number of rotatable bonds is 6. The van der Waals surface area contributed by atoms with Gasteiger partial charge in [0.05, 0.1) is 17.7 Å². The minimum absolute atomic E-state index is 0.273. The zero-order valence-electron chi connectivity index (χ0n) is 18.0. The average Bonchev–Trinajstić information content (AvgIpc) is 3.22. The predicted octanol–water partition coefficient (Wildman–Crippen LogP) is 4.08. The van der Waals surface area contributed by atoms with Crippen molar-refractivity contribution in [3.8, 4) is 5.75 Å². The van der Waals surface area contributed by atoms with Crippen molar-refractivity contribution in [2.45, 2.75) is 24.8 Å². The standard InChI is InChI=1S/C24H25N3O4S/c1-17-6-9-22(10-7-17)32(29,30)27-13-12-19-15-20(8-11-23(19)27)26-24(28)25-16-18-4-3-5-21(14-18)31-2/h3-11,14-15H,12-13,16H2,1-2H3,(H2,25,26,28). The van der Waals surface area contributed by atoms with Crippen LogP contribution in [0.4, 0.5) is 16.2 Å². The van der Waals surface area contributed by atoms with Crippen LogP contribution in [0, 0.1) is 6.92 Å². The summed E-state index contributed by atoms with van der Waals surface area (Å²) in [6, 6.07) is 19.3. The van der Waals surface area contributed by atoms with E-state index in [0.717, 1.165) is 22.4 Å². The number of nitrogens with one attached hydrogen (secondary N) is 2. The topological polar surface area (TPSA) is 87.7 Å². The Morgan fingerprint density at radius 1 is 1.06 bits per heavy atom. The van der Waals surface area contributed by atoms with Crippen molar-refractivity contribution >= 4 is 27.4 Å². The second-order valence-corrected chi connectivity index (χ2v) is 9.51. The molecule has 0 aromatic heterocycles. The zero-order chi connectivity index (χ0) is 22.7. The molecule has 1 aliphatic heterocycles. The molecule has 3 aromatic carbocycles. The van der Waals surface area contributed by atoms with Crippen LogP contribution in [0.15, 0.2) is 71.6 Å². The van der Waals surface area contributed by atoms with Crippen molar-refractivity contribution in [1.82, 2.24) is 5.32 Å². The van der Waals surface area contributed by atoms with Crippen LogP contribution in [0.25, 0.3) is 0 Å². The van der Waals surface area contributed by atoms with Gasteiger partial charge in [0.2, 0.25) is 0 Å². The number of carbonyl (C=O) groups is 1. The monoisotopic (exact) mass is 451 g/mol. The molecule has 0 atom stereocenters. The molecule has 32 heavy (non-hydrogen) atoms. The molecule has 166 valence electrons. The van der Waals surface area contributed by atoms with Gasteiger partial charge in [-0.1, -0.05) is 29.8 Å². The highest BCUT2D eigenvalue weighted by Crippen LogP contribution is 2.34. The van der Waals surface area contributed by atoms with E-state index in [4.69, 9.17) is 4.74 Å². The lowest BCUT2D eigenvalue weighted by Gasteiger charge is -2.20. The second kappa shape index (κ2) is 8.92. The number of urea groups is 1. The number of fused-ring (bicyclic) bond motifs is 1. The maximum absolute atomic E-state index is 13.1. The maximum atomic E-state index is 13.1. The average molecular weight is 452 g/mol. The predicted molar refractivity (Wildman–Crippen MR) is 125 cm³/mol. The molecule has 0 unspecified atom stereocenters. The number of aryl methyl sites for hydroxylation is 1. The van der Waals surface area contributed by atoms with Gasteiger partial charge < -0.3 is 15.4 Å². The highest BCUT2D eigenvalue weighted by Gasteiger charge is 2.31. The Bertz CT molecular complexity index is 1240. The summed E-state index contributed by atoms with van der Waals surface area (Å²) in [6.07, 6.45) is 0.585. The van der Waals surface area contributed by atoms with Gasteiger partial charge in [-0.25, -0.2) is 13.2 Å². The SMILES string of the molecule is COc1cccc(CNC(=O)Nc2ccc3c(c2)CCN3S(=O)(=O)c2ccc(C)cc2)c1. The number of benzene rings is 3. The van der Waals surface area contributed by atoms with Crippen LogP contribution in [0.2, 0.25) is 0 Å². The summed E-state index contributed by atoms with van der Waals surface area (Å²) in [7, 11) is -2.03. The molecule has 2 N–H and O–H groups in total. The molecule has 0 bridgehead atoms. The van der Waals surface area contributed by atoms with Crippen molar-refractivity contribution in [1.29, 1.82) is 0 Å². The first-order chi connectivity index (χ1) is 15.4. The van der Waals surface area contributed by atoms with E-state index in [-0.39, 0.29) is 10.9 Å². The van der Waals surface area contributed by atoms with Crippen LogP contribution in [0.1, 0.15) is 16.7 Å². The molecule has 3 aromatic rings. The molecule has 8 heteroatoms. The van der Waals surface area contributed by atoms with Crippen LogP contribution < -0.4 is 19.7 Å². The molecule has 0 radical (unpaired) electrons. The largest absolute Gasteiger partial charge is 0.497 e. The Labute approximate surface area is 188 Å². The Morgan fingerprint density at radius 3 is 2.59 bits per heavy atom. The Morgan fingerprint density at radius 2 is 1.84 bits per heavy atom. The normalized spacial score (nSPS) is 12.9. The quantitative estimate of drug-likeness (QED) is 0.591. The van der Waals surface area contributed by atoms with Gasteiger partial charge in [-0.05, 0) is 66.9 Å². The smallest absolute Gasteiger partial charge is 0.319 e. The van der Waals surface area contributed by atoms with Crippen molar-refractivity contribution in [3.63, 3.8) is 0 Å². The third-order valence-corrected chi connectivity index (χ3v) is 7.21. The van der Waals surface area contributed by atoms with Crippen molar-refractivity contribution in [3.05, 3.63) is 83.4 Å². The van der Waals surface area contributed by atoms with Crippen LogP contribution in [-0.2, 0) is 23.0 Å². The van der Waals surface area contributed by atoms with E-state index < -0.39 is 10.0 Å². The number of hydrogen-bond acceptors (Lipinski definition) is 4. The van der Waals surface area contributed by atoms with Gasteiger partial charge in [0.15, 0.2) is 0 Å². The molecule has 0 saturated heterocycles. The molecular formula is C24H25N3O4S. The summed E-state index contributed by atoms with van der Waals surface area (Å²) in [6.45, 7) is 2.65. The lowest BCUT2D eigenvalue weighted by Crippen LogP contribution is -2.29. The number of anilines is 2. The fraction of sp³-hybridized carbons (Fsp3) is 0.208. The van der Waals surface area contributed by atoms with Crippen LogP contribution in [0.5, 0.6) is 5.75 Å². The molecule has 0 saturated carbocycles. The van der Waals surface area contributed by atoms with E-state index in [1.54, 1.807) is 43.5 Å². The summed E-state index contributed by atoms with van der Waals surface area (Å²) < 4.78 is 32.8. The number of ether oxygens (including phenoxy) is 1. The van der Waals surface area contributed by atoms with Crippen molar-refractivity contribution in [2.75, 3.05) is 23.3 Å². The molecule has 4 rings (SSSR count). The van der Waals surface area contributed by atoms with Gasteiger partial charge in [0, 0.05) is 18.8 Å². The fourth-order valence-electron chi connectivity index (χ4n) is 3.68. The van der Waals surface area contributed by atoms with Gasteiger partial charge >= 0.3 is 6.03 Å². The molecule has 1 heterocycles. The lowest BCUT2D eigenvalue weighted by molar-refractivity contribution is 0.251. The third-order valence-electron chi connectivity index (χ3n) is 5.39. The Kier molecular flexibility index (Phi) is 6.05. The number of carbonyl (C=O) groups excluding carboxylic acids is 1. The van der Waals surface area contributed by atoms with E-state index >= 15 is 0 Å². The van der Waals surface area contributed by atoms with Crippen LogP contribution >= 0.6 is 0 Å². The zero-order valence-corrected chi connectivity index (χ0v) is 18.8. The van der Waals surface area contributed by atoms with Crippen LogP contribution in [-0.4, -0.2) is 28.1 Å². The van der Waals surface area contributed by atoms with E-state index in [2.05, 4.69) is 10.6 Å². The number of methoxy groups -OCH3 is 1. The molecule has 0 aliphatic carbocycles. The summed E-state index contributed by atoms with van der Waals surface area (Å²) in [5, 5.41) is 5.63. The number of amides is 2. The second-order valence-electron chi connectivity index (χ2n) is 7.64. The summed E-state index contributed by atoms with van der Waals surface area (Å²) in [5.41, 5.74) is 4.07. The highest BCUT2D eigenvalue weighted by atomic mass is 32.2. The lowest BCUT2D eigenvalue weighted by atomic mass is 10.1. The van der Waals surface area contributed by atoms with Gasteiger partial charge in [-0.3, -0.25) is 4.31 Å². The molecule has 2 amide bonds. The highest BCUT2D eigenvalue weighted by molar-refractivity contribution is 7.92. The van der Waals surface area contributed by atoms with E-state index in [9.17, 15) is 13.2 Å². The molecule has 7 nitrogen and oxygen atoms in total. The van der Waals surface area contributed by atoms with E-state index in [0.29, 0.717) is 30.9 Å². The van der Waals surface area contributed by atoms with E-state index in [1.807, 2.05) is 37.3 Å². The first-order valence-electron chi connectivity index (χ1n) is 10.3. The molecular weight excluding hydrogens is 426 g/mol. The first kappa shape index (κ1) is 21.7. The minimum Gasteiger partial charge on any atom is -0.497 e. The molecule has 0 fully saturated rings. The Hall–Kier alpha value is -3.52. The summed E-state index contributed by atoms with van der Waals surface area (Å²) >= 11 is 0. The van der Waals surface area contributed by atoms with Gasteiger partial charge in [0.1, 0.15) is 5.75 Å². The number of hydrogen-bond donors (Lipinski definition) is 2. The number of nitrogens with zero attached hydrogens (tertiary/aromatic N) is 1. The van der Waals surface area contributed by atoms with Crippen LogP contribution in [0.3, 0.4) is 0 Å². The fourth-order valence-corrected chi connectivity index (χ4v) is 5.18. The first-order valence-corrected chi connectivity index (χ1v) is 11.7. The van der Waals surface area contributed by atoms with Crippen molar-refractivity contribution < 1.29 is 17.9 Å². The van der Waals surface area contributed by atoms with Crippen molar-refractivity contribution in [2.24, 2.45) is 0 Å². The summed E-state index contributed by atoms with van der Waals surface area (Å²) in [5.74, 6) is 0.730. The number of sulfonamides is 1. The Balaban J connectivity index is 1.43. The minimum atomic E-state index is -3.63. The summed E-state index contributed by atoms with van der Waals surface area (Å²) in [4.78, 5) is 12.6. The van der Waals surface area contributed by atoms with Gasteiger partial charge in [-0.2, -0.15) is 0 Å².